The van der Waals surface area contributed by atoms with E-state index in [0.29, 0.717) is 10.8 Å². The van der Waals surface area contributed by atoms with Gasteiger partial charge in [0.25, 0.3) is 0 Å². The van der Waals surface area contributed by atoms with Crippen LogP contribution >= 0.6 is 11.6 Å². The average Bonchev–Trinajstić information content (AvgIpc) is 2.83. The fourth-order valence-electron chi connectivity index (χ4n) is 3.12. The highest BCUT2D eigenvalue weighted by Gasteiger charge is 2.34. The summed E-state index contributed by atoms with van der Waals surface area (Å²) in [5.41, 5.74) is 2.83. The SMILES string of the molecule is Cc1nc(Cl)c2nnc(C3(C)CCCCC3)n2c1C. The molecule has 102 valence electrons. The van der Waals surface area contributed by atoms with E-state index in [1.54, 1.807) is 0 Å². The molecule has 2 aromatic rings. The zero-order valence-corrected chi connectivity index (χ0v) is 12.5. The number of fused-ring (bicyclic) bond motifs is 1. The fourth-order valence-corrected chi connectivity index (χ4v) is 3.37. The summed E-state index contributed by atoms with van der Waals surface area (Å²) in [4.78, 5) is 4.32. The van der Waals surface area contributed by atoms with Gasteiger partial charge >= 0.3 is 0 Å². The molecule has 0 bridgehead atoms. The Morgan fingerprint density at radius 3 is 2.47 bits per heavy atom. The number of aromatic nitrogens is 4. The van der Waals surface area contributed by atoms with Crippen LogP contribution < -0.4 is 0 Å². The van der Waals surface area contributed by atoms with E-state index in [4.69, 9.17) is 11.6 Å². The molecule has 0 amide bonds. The Kier molecular flexibility index (Phi) is 3.01. The quantitative estimate of drug-likeness (QED) is 0.800. The van der Waals surface area contributed by atoms with Crippen LogP contribution in [0.1, 0.15) is 56.2 Å². The van der Waals surface area contributed by atoms with Crippen molar-refractivity contribution in [3.8, 4) is 0 Å². The minimum atomic E-state index is 0.111. The first kappa shape index (κ1) is 12.9. The van der Waals surface area contributed by atoms with E-state index in [2.05, 4.69) is 33.4 Å². The van der Waals surface area contributed by atoms with Crippen molar-refractivity contribution < 1.29 is 0 Å². The van der Waals surface area contributed by atoms with E-state index in [0.717, 1.165) is 17.2 Å². The second-order valence-electron chi connectivity index (χ2n) is 5.88. The third-order valence-electron chi connectivity index (χ3n) is 4.47. The van der Waals surface area contributed by atoms with E-state index in [-0.39, 0.29) is 5.41 Å². The van der Waals surface area contributed by atoms with Crippen LogP contribution in [0.15, 0.2) is 0 Å². The molecule has 0 unspecified atom stereocenters. The number of nitrogens with zero attached hydrogens (tertiary/aromatic N) is 4. The summed E-state index contributed by atoms with van der Waals surface area (Å²) in [5.74, 6) is 1.05. The van der Waals surface area contributed by atoms with E-state index >= 15 is 0 Å². The van der Waals surface area contributed by atoms with Gasteiger partial charge in [-0.25, -0.2) is 4.98 Å². The lowest BCUT2D eigenvalue weighted by atomic mass is 9.75. The van der Waals surface area contributed by atoms with Crippen LogP contribution in [0.4, 0.5) is 0 Å². The highest BCUT2D eigenvalue weighted by Crippen LogP contribution is 2.38. The number of rotatable bonds is 1. The molecule has 0 N–H and O–H groups in total. The van der Waals surface area contributed by atoms with E-state index in [1.165, 1.54) is 32.1 Å². The Morgan fingerprint density at radius 1 is 1.11 bits per heavy atom. The van der Waals surface area contributed by atoms with Gasteiger partial charge in [-0.15, -0.1) is 10.2 Å². The minimum Gasteiger partial charge on any atom is -0.279 e. The Hall–Kier alpha value is -1.16. The summed E-state index contributed by atoms with van der Waals surface area (Å²) in [6.45, 7) is 6.34. The molecule has 5 heteroatoms. The molecular formula is C14H19ClN4. The van der Waals surface area contributed by atoms with Gasteiger partial charge in [-0.2, -0.15) is 0 Å². The fraction of sp³-hybridized carbons (Fsp3) is 0.643. The number of aryl methyl sites for hydroxylation is 2. The Bertz CT molecular complexity index is 626. The minimum absolute atomic E-state index is 0.111. The zero-order valence-electron chi connectivity index (χ0n) is 11.7. The van der Waals surface area contributed by atoms with Gasteiger partial charge in [-0.3, -0.25) is 4.40 Å². The maximum absolute atomic E-state index is 6.20. The van der Waals surface area contributed by atoms with Crippen molar-refractivity contribution in [1.82, 2.24) is 19.6 Å². The van der Waals surface area contributed by atoms with Crippen LogP contribution in [0.25, 0.3) is 5.65 Å². The van der Waals surface area contributed by atoms with Gasteiger partial charge in [0.05, 0.1) is 5.69 Å². The molecule has 19 heavy (non-hydrogen) atoms. The molecule has 3 rings (SSSR count). The first-order valence-corrected chi connectivity index (χ1v) is 7.29. The largest absolute Gasteiger partial charge is 0.279 e. The highest BCUT2D eigenvalue weighted by molar-refractivity contribution is 6.32. The lowest BCUT2D eigenvalue weighted by molar-refractivity contribution is 0.301. The van der Waals surface area contributed by atoms with Crippen molar-refractivity contribution >= 4 is 17.2 Å². The third-order valence-corrected chi connectivity index (χ3v) is 4.72. The Balaban J connectivity index is 2.25. The standard InChI is InChI=1S/C14H19ClN4/c1-9-10(2)19-12(11(15)16-9)17-18-13(19)14(3)7-5-4-6-8-14/h4-8H2,1-3H3. The van der Waals surface area contributed by atoms with Gasteiger partial charge < -0.3 is 0 Å². The summed E-state index contributed by atoms with van der Waals surface area (Å²) >= 11 is 6.20. The van der Waals surface area contributed by atoms with Crippen molar-refractivity contribution in [2.45, 2.75) is 58.3 Å². The van der Waals surface area contributed by atoms with Crippen LogP contribution in [0, 0.1) is 13.8 Å². The molecule has 0 aromatic carbocycles. The maximum Gasteiger partial charge on any atom is 0.198 e. The molecule has 0 radical (unpaired) electrons. The molecule has 0 spiro atoms. The lowest BCUT2D eigenvalue weighted by Crippen LogP contribution is -2.28. The van der Waals surface area contributed by atoms with Crippen LogP contribution in [0.3, 0.4) is 0 Å². The first-order valence-electron chi connectivity index (χ1n) is 6.91. The average molecular weight is 279 g/mol. The van der Waals surface area contributed by atoms with E-state index < -0.39 is 0 Å². The molecule has 1 aliphatic carbocycles. The van der Waals surface area contributed by atoms with Gasteiger partial charge in [0.15, 0.2) is 10.8 Å². The lowest BCUT2D eigenvalue weighted by Gasteiger charge is -2.32. The normalized spacial score (nSPS) is 18.9. The van der Waals surface area contributed by atoms with E-state index in [9.17, 15) is 0 Å². The molecule has 0 saturated heterocycles. The molecule has 1 aliphatic rings. The Morgan fingerprint density at radius 2 is 1.79 bits per heavy atom. The van der Waals surface area contributed by atoms with Crippen molar-refractivity contribution in [3.63, 3.8) is 0 Å². The zero-order chi connectivity index (χ0) is 13.6. The van der Waals surface area contributed by atoms with Crippen molar-refractivity contribution in [2.24, 2.45) is 0 Å². The van der Waals surface area contributed by atoms with Gasteiger partial charge in [-0.1, -0.05) is 37.8 Å². The summed E-state index contributed by atoms with van der Waals surface area (Å²) in [7, 11) is 0. The monoisotopic (exact) mass is 278 g/mol. The molecule has 1 saturated carbocycles. The molecule has 1 fully saturated rings. The summed E-state index contributed by atoms with van der Waals surface area (Å²) < 4.78 is 2.11. The van der Waals surface area contributed by atoms with Crippen molar-refractivity contribution in [3.05, 3.63) is 22.4 Å². The first-order chi connectivity index (χ1) is 9.03. The van der Waals surface area contributed by atoms with Gasteiger partial charge in [-0.05, 0) is 26.7 Å². The van der Waals surface area contributed by atoms with Crippen LogP contribution in [-0.4, -0.2) is 19.6 Å². The second kappa shape index (κ2) is 4.44. The van der Waals surface area contributed by atoms with Crippen LogP contribution in [-0.2, 0) is 5.41 Å². The molecule has 2 aromatic heterocycles. The summed E-state index contributed by atoms with van der Waals surface area (Å²) in [5, 5.41) is 9.15. The van der Waals surface area contributed by atoms with Crippen molar-refractivity contribution in [2.75, 3.05) is 0 Å². The molecule has 2 heterocycles. The topological polar surface area (TPSA) is 43.1 Å². The molecule has 4 nitrogen and oxygen atoms in total. The third kappa shape index (κ3) is 1.93. The van der Waals surface area contributed by atoms with Gasteiger partial charge in [0.2, 0.25) is 0 Å². The molecule has 0 atom stereocenters. The van der Waals surface area contributed by atoms with Gasteiger partial charge in [0.1, 0.15) is 5.82 Å². The smallest absolute Gasteiger partial charge is 0.198 e. The predicted octanol–water partition coefficient (Wildman–Crippen LogP) is 3.62. The number of hydrogen-bond donors (Lipinski definition) is 0. The molecular weight excluding hydrogens is 260 g/mol. The molecule has 0 aliphatic heterocycles. The Labute approximate surface area is 118 Å². The predicted molar refractivity (Wildman–Crippen MR) is 75.7 cm³/mol. The van der Waals surface area contributed by atoms with Crippen LogP contribution in [0.5, 0.6) is 0 Å². The van der Waals surface area contributed by atoms with Crippen molar-refractivity contribution in [1.29, 1.82) is 0 Å². The maximum atomic E-state index is 6.20. The van der Waals surface area contributed by atoms with E-state index in [1.807, 2.05) is 6.92 Å². The summed E-state index contributed by atoms with van der Waals surface area (Å²) in [6.07, 6.45) is 6.20. The highest BCUT2D eigenvalue weighted by atomic mass is 35.5. The number of hydrogen-bond acceptors (Lipinski definition) is 3. The van der Waals surface area contributed by atoms with Gasteiger partial charge in [0, 0.05) is 11.1 Å². The second-order valence-corrected chi connectivity index (χ2v) is 6.24. The number of halogens is 1. The van der Waals surface area contributed by atoms with Crippen LogP contribution in [0.2, 0.25) is 5.15 Å². The summed E-state index contributed by atoms with van der Waals surface area (Å²) in [6, 6.07) is 0.